The zero-order chi connectivity index (χ0) is 12.6. The molecule has 0 aromatic carbocycles. The predicted octanol–water partition coefficient (Wildman–Crippen LogP) is 0.606. The van der Waals surface area contributed by atoms with Gasteiger partial charge in [0.25, 0.3) is 0 Å². The summed E-state index contributed by atoms with van der Waals surface area (Å²) in [7, 11) is -3.11. The third-order valence-corrected chi connectivity index (χ3v) is 6.01. The Labute approximate surface area is 108 Å². The van der Waals surface area contributed by atoms with Crippen LogP contribution in [0.25, 0.3) is 0 Å². The number of hydrogen-bond acceptors (Lipinski definition) is 4. The van der Waals surface area contributed by atoms with Gasteiger partial charge in [-0.2, -0.15) is 4.31 Å². The summed E-state index contributed by atoms with van der Waals surface area (Å²) in [6, 6.07) is 0.353. The monoisotopic (exact) mass is 275 g/mol. The molecule has 1 atom stereocenters. The summed E-state index contributed by atoms with van der Waals surface area (Å²) < 4.78 is 37.0. The summed E-state index contributed by atoms with van der Waals surface area (Å²) in [4.78, 5) is 0. The standard InChI is InChI=1S/C12H21NO4S/c14-18(15,6-4-10-3-5-16-7-10)13(11-1-2-11)12-8-17-9-12/h10-12H,1-9H2. The Morgan fingerprint density at radius 2 is 1.78 bits per heavy atom. The van der Waals surface area contributed by atoms with Gasteiger partial charge in [-0.25, -0.2) is 8.42 Å². The molecule has 104 valence electrons. The molecule has 0 bridgehead atoms. The second-order valence-corrected chi connectivity index (χ2v) is 7.58. The van der Waals surface area contributed by atoms with Crippen LogP contribution in [-0.4, -0.2) is 57.0 Å². The van der Waals surface area contributed by atoms with Crippen LogP contribution >= 0.6 is 0 Å². The van der Waals surface area contributed by atoms with Crippen LogP contribution < -0.4 is 0 Å². The van der Waals surface area contributed by atoms with E-state index < -0.39 is 10.0 Å². The Morgan fingerprint density at radius 1 is 1.00 bits per heavy atom. The maximum atomic E-state index is 12.4. The first-order chi connectivity index (χ1) is 8.67. The summed E-state index contributed by atoms with van der Waals surface area (Å²) in [5.41, 5.74) is 0. The van der Waals surface area contributed by atoms with Gasteiger partial charge in [-0.05, 0) is 31.6 Å². The average molecular weight is 275 g/mol. The van der Waals surface area contributed by atoms with E-state index in [-0.39, 0.29) is 17.8 Å². The van der Waals surface area contributed by atoms with Crippen molar-refractivity contribution in [2.24, 2.45) is 5.92 Å². The normalized spacial score (nSPS) is 29.7. The molecular weight excluding hydrogens is 254 g/mol. The summed E-state index contributed by atoms with van der Waals surface area (Å²) in [6.45, 7) is 2.66. The molecule has 6 heteroatoms. The van der Waals surface area contributed by atoms with Gasteiger partial charge < -0.3 is 9.47 Å². The Hall–Kier alpha value is -0.170. The fourth-order valence-electron chi connectivity index (χ4n) is 2.68. The SMILES string of the molecule is O=S(=O)(CCC1CCOC1)N(C1CC1)C1COC1. The minimum Gasteiger partial charge on any atom is -0.381 e. The van der Waals surface area contributed by atoms with E-state index in [2.05, 4.69) is 0 Å². The molecule has 1 saturated carbocycles. The van der Waals surface area contributed by atoms with Crippen LogP contribution in [0.1, 0.15) is 25.7 Å². The molecule has 3 fully saturated rings. The summed E-state index contributed by atoms with van der Waals surface area (Å²) >= 11 is 0. The molecule has 18 heavy (non-hydrogen) atoms. The van der Waals surface area contributed by atoms with Crippen LogP contribution in [0.5, 0.6) is 0 Å². The van der Waals surface area contributed by atoms with E-state index in [4.69, 9.17) is 9.47 Å². The van der Waals surface area contributed by atoms with Crippen molar-refractivity contribution in [3.05, 3.63) is 0 Å². The topological polar surface area (TPSA) is 55.8 Å². The predicted molar refractivity (Wildman–Crippen MR) is 66.8 cm³/mol. The lowest BCUT2D eigenvalue weighted by Crippen LogP contribution is -2.53. The van der Waals surface area contributed by atoms with E-state index in [0.717, 1.165) is 38.9 Å². The second kappa shape index (κ2) is 5.07. The number of ether oxygens (including phenoxy) is 2. The molecule has 0 aromatic heterocycles. The molecule has 3 aliphatic rings. The van der Waals surface area contributed by atoms with E-state index in [1.54, 1.807) is 4.31 Å². The van der Waals surface area contributed by atoms with Crippen molar-refractivity contribution >= 4 is 10.0 Å². The highest BCUT2D eigenvalue weighted by molar-refractivity contribution is 7.89. The molecule has 0 N–H and O–H groups in total. The quantitative estimate of drug-likeness (QED) is 0.712. The average Bonchev–Trinajstić information content (AvgIpc) is 2.95. The van der Waals surface area contributed by atoms with Crippen LogP contribution in [-0.2, 0) is 19.5 Å². The smallest absolute Gasteiger partial charge is 0.214 e. The van der Waals surface area contributed by atoms with Crippen molar-refractivity contribution in [2.75, 3.05) is 32.2 Å². The van der Waals surface area contributed by atoms with Gasteiger partial charge in [-0.15, -0.1) is 0 Å². The van der Waals surface area contributed by atoms with E-state index in [9.17, 15) is 8.42 Å². The molecule has 2 saturated heterocycles. The first kappa shape index (κ1) is 12.8. The van der Waals surface area contributed by atoms with Gasteiger partial charge in [-0.3, -0.25) is 0 Å². The van der Waals surface area contributed by atoms with Gasteiger partial charge in [0.2, 0.25) is 10.0 Å². The highest BCUT2D eigenvalue weighted by atomic mass is 32.2. The van der Waals surface area contributed by atoms with Crippen molar-refractivity contribution in [3.8, 4) is 0 Å². The first-order valence-corrected chi connectivity index (χ1v) is 8.44. The van der Waals surface area contributed by atoms with Gasteiger partial charge >= 0.3 is 0 Å². The Morgan fingerprint density at radius 3 is 2.28 bits per heavy atom. The van der Waals surface area contributed by atoms with Gasteiger partial charge in [0.15, 0.2) is 0 Å². The van der Waals surface area contributed by atoms with Crippen LogP contribution in [0.15, 0.2) is 0 Å². The maximum Gasteiger partial charge on any atom is 0.214 e. The highest BCUT2D eigenvalue weighted by Crippen LogP contribution is 2.34. The van der Waals surface area contributed by atoms with Crippen molar-refractivity contribution in [1.29, 1.82) is 0 Å². The minimum absolute atomic E-state index is 0.0994. The van der Waals surface area contributed by atoms with Gasteiger partial charge in [0.1, 0.15) is 0 Å². The fraction of sp³-hybridized carbons (Fsp3) is 1.00. The molecule has 1 unspecified atom stereocenters. The number of nitrogens with zero attached hydrogens (tertiary/aromatic N) is 1. The number of sulfonamides is 1. The minimum atomic E-state index is -3.11. The van der Waals surface area contributed by atoms with Crippen molar-refractivity contribution in [2.45, 2.75) is 37.8 Å². The van der Waals surface area contributed by atoms with Crippen LogP contribution in [0.2, 0.25) is 0 Å². The molecule has 0 amide bonds. The van der Waals surface area contributed by atoms with Crippen molar-refractivity contribution in [3.63, 3.8) is 0 Å². The summed E-state index contributed by atoms with van der Waals surface area (Å²) in [5, 5.41) is 0. The van der Waals surface area contributed by atoms with Gasteiger partial charge in [0, 0.05) is 19.3 Å². The first-order valence-electron chi connectivity index (χ1n) is 6.83. The molecule has 1 aliphatic carbocycles. The number of rotatable bonds is 6. The van der Waals surface area contributed by atoms with Crippen molar-refractivity contribution < 1.29 is 17.9 Å². The lowest BCUT2D eigenvalue weighted by molar-refractivity contribution is -0.0387. The maximum absolute atomic E-state index is 12.4. The van der Waals surface area contributed by atoms with Crippen LogP contribution in [0.4, 0.5) is 0 Å². The third-order valence-electron chi connectivity index (χ3n) is 4.02. The van der Waals surface area contributed by atoms with Crippen molar-refractivity contribution in [1.82, 2.24) is 4.31 Å². The highest BCUT2D eigenvalue weighted by Gasteiger charge is 2.44. The molecule has 2 heterocycles. The van der Waals surface area contributed by atoms with Crippen LogP contribution in [0.3, 0.4) is 0 Å². The van der Waals surface area contributed by atoms with Gasteiger partial charge in [0.05, 0.1) is 25.0 Å². The second-order valence-electron chi connectivity index (χ2n) is 5.59. The molecular formula is C12H21NO4S. The molecule has 5 nitrogen and oxygen atoms in total. The summed E-state index contributed by atoms with van der Waals surface area (Å²) in [5.74, 6) is 0.701. The molecule has 2 aliphatic heterocycles. The molecule has 3 rings (SSSR count). The zero-order valence-electron chi connectivity index (χ0n) is 10.6. The lowest BCUT2D eigenvalue weighted by Gasteiger charge is -2.36. The summed E-state index contributed by atoms with van der Waals surface area (Å²) in [6.07, 6.45) is 3.77. The van der Waals surface area contributed by atoms with E-state index in [1.165, 1.54) is 0 Å². The molecule has 0 radical (unpaired) electrons. The molecule has 0 spiro atoms. The van der Waals surface area contributed by atoms with Crippen LogP contribution in [0, 0.1) is 5.92 Å². The largest absolute Gasteiger partial charge is 0.381 e. The Bertz CT molecular complexity index is 383. The van der Waals surface area contributed by atoms with E-state index >= 15 is 0 Å². The lowest BCUT2D eigenvalue weighted by atomic mass is 10.1. The number of hydrogen-bond donors (Lipinski definition) is 0. The fourth-order valence-corrected chi connectivity index (χ4v) is 4.77. The zero-order valence-corrected chi connectivity index (χ0v) is 11.4. The third kappa shape index (κ3) is 2.71. The van der Waals surface area contributed by atoms with Gasteiger partial charge in [-0.1, -0.05) is 0 Å². The Balaban J connectivity index is 1.59. The Kier molecular flexibility index (Phi) is 3.62. The van der Waals surface area contributed by atoms with E-state index in [0.29, 0.717) is 19.1 Å². The molecule has 0 aromatic rings. The van der Waals surface area contributed by atoms with E-state index in [1.807, 2.05) is 0 Å².